The van der Waals surface area contributed by atoms with Gasteiger partial charge >= 0.3 is 0 Å². The Morgan fingerprint density at radius 3 is 2.71 bits per heavy atom. The molecule has 2 aromatic carbocycles. The zero-order valence-electron chi connectivity index (χ0n) is 15.2. The Kier molecular flexibility index (Phi) is 4.72. The van der Waals surface area contributed by atoms with E-state index >= 15 is 0 Å². The number of carbonyl (C=O) groups excluding carboxylic acids is 1. The molecule has 0 bridgehead atoms. The molecule has 0 unspecified atom stereocenters. The van der Waals surface area contributed by atoms with Gasteiger partial charge in [-0.2, -0.15) is 0 Å². The lowest BCUT2D eigenvalue weighted by molar-refractivity contribution is 0.101. The van der Waals surface area contributed by atoms with Crippen molar-refractivity contribution in [3.63, 3.8) is 0 Å². The van der Waals surface area contributed by atoms with Crippen molar-refractivity contribution in [3.05, 3.63) is 82.3 Å². The highest BCUT2D eigenvalue weighted by Crippen LogP contribution is 2.34. The second-order valence-electron chi connectivity index (χ2n) is 6.29. The van der Waals surface area contributed by atoms with E-state index in [1.54, 1.807) is 29.8 Å². The van der Waals surface area contributed by atoms with Gasteiger partial charge in [0.25, 0.3) is 5.91 Å². The van der Waals surface area contributed by atoms with E-state index in [1.165, 1.54) is 12.3 Å². The summed E-state index contributed by atoms with van der Waals surface area (Å²) in [7, 11) is 1.68. The molecule has 0 spiro atoms. The van der Waals surface area contributed by atoms with Crippen LogP contribution in [0.3, 0.4) is 0 Å². The van der Waals surface area contributed by atoms with E-state index in [9.17, 15) is 9.59 Å². The van der Waals surface area contributed by atoms with Gasteiger partial charge in [0.05, 0.1) is 6.20 Å². The Hall–Kier alpha value is -3.74. The molecule has 0 fully saturated rings. The molecular weight excluding hydrogens is 360 g/mol. The van der Waals surface area contributed by atoms with Crippen molar-refractivity contribution in [1.29, 1.82) is 0 Å². The Labute approximate surface area is 161 Å². The number of benzene rings is 2. The number of amides is 1. The van der Waals surface area contributed by atoms with Crippen LogP contribution >= 0.6 is 0 Å². The van der Waals surface area contributed by atoms with Crippen LogP contribution in [-0.2, 0) is 13.7 Å². The summed E-state index contributed by atoms with van der Waals surface area (Å²) in [5.74, 6) is 0.973. The van der Waals surface area contributed by atoms with Gasteiger partial charge in [0.2, 0.25) is 12.2 Å². The number of aryl methyl sites for hydroxylation is 1. The first kappa shape index (κ1) is 17.7. The third-order valence-corrected chi connectivity index (χ3v) is 4.30. The minimum atomic E-state index is -0.409. The van der Waals surface area contributed by atoms with Crippen LogP contribution in [0.15, 0.2) is 65.6 Å². The molecule has 0 radical (unpaired) electrons. The van der Waals surface area contributed by atoms with Gasteiger partial charge in [0.15, 0.2) is 17.2 Å². The molecule has 3 aromatic rings. The van der Waals surface area contributed by atoms with Gasteiger partial charge in [0.1, 0.15) is 12.3 Å². The highest BCUT2D eigenvalue weighted by Gasteiger charge is 2.16. The zero-order valence-corrected chi connectivity index (χ0v) is 15.2. The molecule has 1 aliphatic heterocycles. The molecule has 28 heavy (non-hydrogen) atoms. The average Bonchev–Trinajstić information content (AvgIpc) is 3.17. The van der Waals surface area contributed by atoms with Crippen molar-refractivity contribution in [2.24, 2.45) is 7.05 Å². The third kappa shape index (κ3) is 3.68. The molecule has 1 amide bonds. The standard InChI is InChI=1S/C21H18N2O5/c1-23-11-20(26-12-14-5-3-2-4-6-14)17(24)10-16(23)21(25)22-15-7-8-18-19(9-15)28-13-27-18/h2-11H,12-13H2,1H3,(H,22,25). The van der Waals surface area contributed by atoms with Crippen LogP contribution in [0.2, 0.25) is 0 Å². The highest BCUT2D eigenvalue weighted by atomic mass is 16.7. The second kappa shape index (κ2) is 7.48. The maximum Gasteiger partial charge on any atom is 0.272 e. The number of hydrogen-bond donors (Lipinski definition) is 1. The first-order chi connectivity index (χ1) is 13.6. The summed E-state index contributed by atoms with van der Waals surface area (Å²) in [5, 5.41) is 2.76. The number of nitrogens with one attached hydrogen (secondary N) is 1. The molecule has 4 rings (SSSR count). The van der Waals surface area contributed by atoms with E-state index in [1.807, 2.05) is 30.3 Å². The Morgan fingerprint density at radius 1 is 1.11 bits per heavy atom. The van der Waals surface area contributed by atoms with Crippen LogP contribution in [-0.4, -0.2) is 17.3 Å². The number of ether oxygens (including phenoxy) is 3. The fraction of sp³-hybridized carbons (Fsp3) is 0.143. The van der Waals surface area contributed by atoms with Gasteiger partial charge in [-0.3, -0.25) is 9.59 Å². The molecule has 1 N–H and O–H groups in total. The van der Waals surface area contributed by atoms with Crippen molar-refractivity contribution in [2.75, 3.05) is 12.1 Å². The average molecular weight is 378 g/mol. The number of rotatable bonds is 5. The number of aromatic nitrogens is 1. The Bertz CT molecular complexity index is 1080. The monoisotopic (exact) mass is 378 g/mol. The molecule has 0 atom stereocenters. The molecule has 0 saturated heterocycles. The molecule has 0 aliphatic carbocycles. The molecule has 1 aromatic heterocycles. The molecule has 1 aliphatic rings. The predicted molar refractivity (Wildman–Crippen MR) is 103 cm³/mol. The maximum absolute atomic E-state index is 12.6. The van der Waals surface area contributed by atoms with Crippen molar-refractivity contribution in [3.8, 4) is 17.2 Å². The van der Waals surface area contributed by atoms with Gasteiger partial charge < -0.3 is 24.1 Å². The van der Waals surface area contributed by atoms with E-state index in [0.717, 1.165) is 5.56 Å². The van der Waals surface area contributed by atoms with Gasteiger partial charge in [0, 0.05) is 24.9 Å². The molecule has 7 nitrogen and oxygen atoms in total. The quantitative estimate of drug-likeness (QED) is 0.739. The highest BCUT2D eigenvalue weighted by molar-refractivity contribution is 6.03. The van der Waals surface area contributed by atoms with Crippen LogP contribution in [0, 0.1) is 0 Å². The minimum absolute atomic E-state index is 0.158. The van der Waals surface area contributed by atoms with Gasteiger partial charge in [-0.25, -0.2) is 0 Å². The lowest BCUT2D eigenvalue weighted by Crippen LogP contribution is -2.21. The summed E-state index contributed by atoms with van der Waals surface area (Å²) in [6.45, 7) is 0.435. The van der Waals surface area contributed by atoms with E-state index in [2.05, 4.69) is 5.32 Å². The van der Waals surface area contributed by atoms with Crippen molar-refractivity contribution < 1.29 is 19.0 Å². The summed E-state index contributed by atoms with van der Waals surface area (Å²) in [6, 6.07) is 15.9. The van der Waals surface area contributed by atoms with Crippen molar-refractivity contribution >= 4 is 11.6 Å². The minimum Gasteiger partial charge on any atom is -0.483 e. The van der Waals surface area contributed by atoms with E-state index in [-0.39, 0.29) is 30.3 Å². The largest absolute Gasteiger partial charge is 0.483 e. The Balaban J connectivity index is 1.49. The number of anilines is 1. The number of pyridine rings is 1. The van der Waals surface area contributed by atoms with Crippen LogP contribution in [0.5, 0.6) is 17.2 Å². The fourth-order valence-electron chi connectivity index (χ4n) is 2.85. The second-order valence-corrected chi connectivity index (χ2v) is 6.29. The molecule has 7 heteroatoms. The first-order valence-corrected chi connectivity index (χ1v) is 8.68. The van der Waals surface area contributed by atoms with Crippen LogP contribution < -0.4 is 25.0 Å². The van der Waals surface area contributed by atoms with Crippen LogP contribution in [0.1, 0.15) is 16.1 Å². The van der Waals surface area contributed by atoms with E-state index in [4.69, 9.17) is 14.2 Å². The van der Waals surface area contributed by atoms with Crippen molar-refractivity contribution in [2.45, 2.75) is 6.61 Å². The summed E-state index contributed by atoms with van der Waals surface area (Å²) in [4.78, 5) is 25.0. The predicted octanol–water partition coefficient (Wildman–Crippen LogP) is 2.95. The lowest BCUT2D eigenvalue weighted by Gasteiger charge is -2.12. The lowest BCUT2D eigenvalue weighted by atomic mass is 10.2. The molecule has 0 saturated carbocycles. The summed E-state index contributed by atoms with van der Waals surface area (Å²) in [6.07, 6.45) is 1.51. The van der Waals surface area contributed by atoms with Gasteiger partial charge in [-0.15, -0.1) is 0 Å². The zero-order chi connectivity index (χ0) is 19.5. The number of nitrogens with zero attached hydrogens (tertiary/aromatic N) is 1. The molecule has 2 heterocycles. The maximum atomic E-state index is 12.6. The summed E-state index contributed by atoms with van der Waals surface area (Å²) >= 11 is 0. The summed E-state index contributed by atoms with van der Waals surface area (Å²) < 4.78 is 17.7. The molecular formula is C21H18N2O5. The number of carbonyl (C=O) groups is 1. The van der Waals surface area contributed by atoms with E-state index < -0.39 is 5.91 Å². The topological polar surface area (TPSA) is 78.8 Å². The molecule has 142 valence electrons. The van der Waals surface area contributed by atoms with Gasteiger partial charge in [-0.05, 0) is 17.7 Å². The number of fused-ring (bicyclic) bond motifs is 1. The van der Waals surface area contributed by atoms with E-state index in [0.29, 0.717) is 17.2 Å². The Morgan fingerprint density at radius 2 is 1.89 bits per heavy atom. The SMILES string of the molecule is Cn1cc(OCc2ccccc2)c(=O)cc1C(=O)Nc1ccc2c(c1)OCO2. The van der Waals surface area contributed by atoms with Crippen LogP contribution in [0.4, 0.5) is 5.69 Å². The third-order valence-electron chi connectivity index (χ3n) is 4.30. The first-order valence-electron chi connectivity index (χ1n) is 8.68. The fourth-order valence-corrected chi connectivity index (χ4v) is 2.85. The number of hydrogen-bond acceptors (Lipinski definition) is 5. The normalized spacial score (nSPS) is 11.9. The van der Waals surface area contributed by atoms with Gasteiger partial charge in [-0.1, -0.05) is 30.3 Å². The van der Waals surface area contributed by atoms with Crippen molar-refractivity contribution in [1.82, 2.24) is 4.57 Å². The van der Waals surface area contributed by atoms with Crippen LogP contribution in [0.25, 0.3) is 0 Å². The summed E-state index contributed by atoms with van der Waals surface area (Å²) in [5.41, 5.74) is 1.36. The smallest absolute Gasteiger partial charge is 0.272 e.